The van der Waals surface area contributed by atoms with Crippen molar-refractivity contribution in [2.75, 3.05) is 6.54 Å². The minimum absolute atomic E-state index is 0.0180. The smallest absolute Gasteiger partial charge is 0.259 e. The maximum absolute atomic E-state index is 14.5. The quantitative estimate of drug-likeness (QED) is 0.292. The van der Waals surface area contributed by atoms with Gasteiger partial charge in [-0.15, -0.1) is 0 Å². The Morgan fingerprint density at radius 1 is 1.10 bits per heavy atom. The number of aromatic nitrogens is 3. The molecule has 5 atom stereocenters. The summed E-state index contributed by atoms with van der Waals surface area (Å²) in [6.45, 7) is 1.70. The lowest BCUT2D eigenvalue weighted by molar-refractivity contribution is -0.141. The highest BCUT2D eigenvalue weighted by atomic mass is 32.2. The molecule has 2 saturated carbocycles. The number of amides is 3. The fraction of sp³-hybridized carbons (Fsp3) is 0.500. The lowest BCUT2D eigenvalue weighted by Gasteiger charge is -2.30. The maximum Gasteiger partial charge on any atom is 0.259 e. The number of allylic oxidation sites excluding steroid dienone is 1. The van der Waals surface area contributed by atoms with Crippen LogP contribution in [0, 0.1) is 24.5 Å². The van der Waals surface area contributed by atoms with E-state index in [4.69, 9.17) is 4.74 Å². The Morgan fingerprint density at radius 3 is 2.71 bits per heavy atom. The van der Waals surface area contributed by atoms with Gasteiger partial charge in [-0.05, 0) is 63.6 Å². The Kier molecular flexibility index (Phi) is 9.95. The number of sulfonamides is 1. The number of hydrogen-bond donors (Lipinski definition) is 3. The molecule has 13 nitrogen and oxygen atoms in total. The summed E-state index contributed by atoms with van der Waals surface area (Å²) in [5, 5.41) is 5.42. The molecule has 52 heavy (non-hydrogen) atoms. The zero-order valence-corrected chi connectivity index (χ0v) is 29.5. The van der Waals surface area contributed by atoms with E-state index in [0.29, 0.717) is 48.9 Å². The third-order valence-corrected chi connectivity index (χ3v) is 12.1. The van der Waals surface area contributed by atoms with Gasteiger partial charge in [-0.25, -0.2) is 27.2 Å². The molecule has 3 aromatic rings. The molecule has 3 fully saturated rings. The van der Waals surface area contributed by atoms with Crippen LogP contribution in [0.1, 0.15) is 69.0 Å². The molecule has 4 aliphatic rings. The van der Waals surface area contributed by atoms with Gasteiger partial charge in [-0.3, -0.25) is 24.1 Å². The van der Waals surface area contributed by atoms with E-state index >= 15 is 0 Å². The third-order valence-electron chi connectivity index (χ3n) is 10.3. The minimum Gasteiger partial charge on any atom is -0.471 e. The number of fused-ring (bicyclic) bond motifs is 3. The highest BCUT2D eigenvalue weighted by Crippen LogP contribution is 2.46. The fourth-order valence-corrected chi connectivity index (χ4v) is 8.42. The Bertz CT molecular complexity index is 2030. The van der Waals surface area contributed by atoms with Crippen LogP contribution in [0.15, 0.2) is 48.8 Å². The van der Waals surface area contributed by atoms with Crippen molar-refractivity contribution in [1.82, 2.24) is 35.2 Å². The number of carbonyl (C=O) groups excluding carboxylic acids is 3. The summed E-state index contributed by atoms with van der Waals surface area (Å²) in [4.78, 5) is 56.5. The summed E-state index contributed by atoms with van der Waals surface area (Å²) in [5.74, 6) is -3.16. The number of hydrogen-bond acceptors (Lipinski definition) is 10. The summed E-state index contributed by atoms with van der Waals surface area (Å²) in [5.41, 5.74) is -0.00366. The number of nitrogens with zero attached hydrogens (tertiary/aromatic N) is 4. The molecule has 2 aliphatic heterocycles. The molecule has 2 aromatic heterocycles. The van der Waals surface area contributed by atoms with E-state index < -0.39 is 74.3 Å². The van der Waals surface area contributed by atoms with Crippen LogP contribution in [-0.4, -0.2) is 81.5 Å². The molecule has 0 bridgehead atoms. The van der Waals surface area contributed by atoms with Gasteiger partial charge in [0.1, 0.15) is 35.0 Å². The first-order valence-corrected chi connectivity index (χ1v) is 19.3. The highest BCUT2D eigenvalue weighted by molar-refractivity contribution is 7.91. The summed E-state index contributed by atoms with van der Waals surface area (Å²) in [6, 6.07) is 3.66. The van der Waals surface area contributed by atoms with Crippen LogP contribution in [-0.2, 0) is 31.0 Å². The first kappa shape index (κ1) is 35.8. The van der Waals surface area contributed by atoms with Gasteiger partial charge in [-0.1, -0.05) is 25.0 Å². The standard InChI is InChI=1S/C36H41F2N7O6S/c1-21-33(42-30-15-24(37)9-12-28(30)41-21)51-25-16-31-32(46)43-36(35(48)44-52(49,50)26-10-11-26)17-23(36)7-5-3-2-4-6-8-29(34(47)45(31)20-25)40-18-22-13-14-39-19-27(22)38/h5,7,9,12-15,19,23,25-26,29,31,40H,2-4,6,8,10-11,16-18,20H2,1H3,(H,43,46)(H,44,48)/b7-5-/t23-,25-,29+,31+,36-/m1/s1. The second-order valence-electron chi connectivity index (χ2n) is 14.1. The van der Waals surface area contributed by atoms with Crippen LogP contribution < -0.4 is 20.1 Å². The van der Waals surface area contributed by atoms with Gasteiger partial charge in [-0.2, -0.15) is 0 Å². The van der Waals surface area contributed by atoms with E-state index in [0.717, 1.165) is 19.0 Å². The lowest BCUT2D eigenvalue weighted by atomic mass is 10.0. The van der Waals surface area contributed by atoms with Gasteiger partial charge in [0.15, 0.2) is 0 Å². The summed E-state index contributed by atoms with van der Waals surface area (Å²) in [6.07, 6.45) is 10.2. The SMILES string of the molecule is Cc1nc2ccc(F)cc2nc1O[C@@H]1C[C@H]2C(=O)N[C@]3(C(=O)NS(=O)(=O)C4CC4)C[C@H]3/C=C\CCCCC[C@H](NCc3ccncc3F)C(=O)N2C1. The van der Waals surface area contributed by atoms with E-state index in [2.05, 4.69) is 30.3 Å². The number of pyridine rings is 1. The number of halogens is 2. The molecule has 1 aromatic carbocycles. The van der Waals surface area contributed by atoms with Crippen molar-refractivity contribution in [1.29, 1.82) is 0 Å². The molecule has 16 heteroatoms. The summed E-state index contributed by atoms with van der Waals surface area (Å²) < 4.78 is 62.6. The van der Waals surface area contributed by atoms with Crippen LogP contribution in [0.4, 0.5) is 8.78 Å². The van der Waals surface area contributed by atoms with Crippen molar-refractivity contribution >= 4 is 38.8 Å². The van der Waals surface area contributed by atoms with Crippen molar-refractivity contribution in [3.05, 3.63) is 71.7 Å². The second kappa shape index (κ2) is 14.5. The summed E-state index contributed by atoms with van der Waals surface area (Å²) in [7, 11) is -3.90. The first-order chi connectivity index (χ1) is 24.9. The Hall–Kier alpha value is -4.57. The monoisotopic (exact) mass is 737 g/mol. The first-order valence-electron chi connectivity index (χ1n) is 17.7. The number of rotatable bonds is 8. The van der Waals surface area contributed by atoms with Gasteiger partial charge in [0, 0.05) is 36.7 Å². The summed E-state index contributed by atoms with van der Waals surface area (Å²) >= 11 is 0. The van der Waals surface area contributed by atoms with E-state index in [1.165, 1.54) is 35.4 Å². The lowest BCUT2D eigenvalue weighted by Crippen LogP contribution is -2.58. The van der Waals surface area contributed by atoms with Crippen molar-refractivity contribution in [3.8, 4) is 5.88 Å². The largest absolute Gasteiger partial charge is 0.471 e. The van der Waals surface area contributed by atoms with Crippen LogP contribution in [0.25, 0.3) is 11.0 Å². The molecular weight excluding hydrogens is 697 g/mol. The molecule has 276 valence electrons. The van der Waals surface area contributed by atoms with E-state index in [1.54, 1.807) is 6.92 Å². The predicted octanol–water partition coefficient (Wildman–Crippen LogP) is 3.12. The van der Waals surface area contributed by atoms with E-state index in [-0.39, 0.29) is 37.3 Å². The molecule has 1 saturated heterocycles. The molecule has 0 radical (unpaired) electrons. The van der Waals surface area contributed by atoms with Crippen molar-refractivity contribution in [2.24, 2.45) is 5.92 Å². The molecule has 0 spiro atoms. The minimum atomic E-state index is -3.90. The Morgan fingerprint density at radius 2 is 1.92 bits per heavy atom. The van der Waals surface area contributed by atoms with E-state index in [1.807, 2.05) is 12.2 Å². The maximum atomic E-state index is 14.5. The van der Waals surface area contributed by atoms with Crippen molar-refractivity contribution < 1.29 is 36.3 Å². The third kappa shape index (κ3) is 7.63. The predicted molar refractivity (Wildman–Crippen MR) is 185 cm³/mol. The molecule has 7 rings (SSSR count). The van der Waals surface area contributed by atoms with Gasteiger partial charge < -0.3 is 20.3 Å². The van der Waals surface area contributed by atoms with Crippen molar-refractivity contribution in [3.63, 3.8) is 0 Å². The second-order valence-corrected chi connectivity index (χ2v) is 16.1. The number of carbonyl (C=O) groups is 3. The number of aryl methyl sites for hydroxylation is 1. The average molecular weight is 738 g/mol. The normalized spacial score (nSPS) is 27.5. The van der Waals surface area contributed by atoms with E-state index in [9.17, 15) is 31.6 Å². The Labute approximate surface area is 300 Å². The Balaban J connectivity index is 1.18. The zero-order chi connectivity index (χ0) is 36.6. The molecule has 3 N–H and O–H groups in total. The highest BCUT2D eigenvalue weighted by Gasteiger charge is 2.62. The number of ether oxygens (including phenoxy) is 1. The number of nitrogens with one attached hydrogen (secondary N) is 3. The fourth-order valence-electron chi connectivity index (χ4n) is 7.05. The molecule has 4 heterocycles. The van der Waals surface area contributed by atoms with Gasteiger partial charge in [0.05, 0.1) is 35.1 Å². The van der Waals surface area contributed by atoms with Crippen molar-refractivity contribution in [2.45, 2.75) is 100 Å². The molecule has 2 aliphatic carbocycles. The zero-order valence-electron chi connectivity index (χ0n) is 28.7. The van der Waals surface area contributed by atoms with Gasteiger partial charge >= 0.3 is 0 Å². The van der Waals surface area contributed by atoms with Crippen LogP contribution in [0.3, 0.4) is 0 Å². The molecular formula is C36H41F2N7O6S. The average Bonchev–Trinajstić information content (AvgIpc) is 4.03. The van der Waals surface area contributed by atoms with Gasteiger partial charge in [0.25, 0.3) is 5.91 Å². The topological polar surface area (TPSA) is 173 Å². The van der Waals surface area contributed by atoms with Crippen LogP contribution in [0.5, 0.6) is 5.88 Å². The number of benzene rings is 1. The van der Waals surface area contributed by atoms with Crippen LogP contribution >= 0.6 is 0 Å². The van der Waals surface area contributed by atoms with Crippen LogP contribution in [0.2, 0.25) is 0 Å². The molecule has 0 unspecified atom stereocenters. The van der Waals surface area contributed by atoms with Gasteiger partial charge in [0.2, 0.25) is 27.7 Å². The molecule has 3 amide bonds.